The number of H-pyrrole nitrogens is 1. The Labute approximate surface area is 199 Å². The summed E-state index contributed by atoms with van der Waals surface area (Å²) in [6.45, 7) is 0.882. The molecule has 0 fully saturated rings. The maximum atomic E-state index is 13.5. The zero-order valence-electron chi connectivity index (χ0n) is 17.3. The quantitative estimate of drug-likeness (QED) is 0.422. The topological polar surface area (TPSA) is 88.7 Å². The largest absolute Gasteiger partial charge is 0.486 e. The van der Waals surface area contributed by atoms with E-state index in [1.165, 1.54) is 27.8 Å². The lowest BCUT2D eigenvalue weighted by atomic mass is 10.1. The number of ether oxygens (including phenoxy) is 2. The van der Waals surface area contributed by atoms with E-state index in [2.05, 4.69) is 4.98 Å². The molecule has 0 atom stereocenters. The van der Waals surface area contributed by atoms with Gasteiger partial charge in [-0.05, 0) is 35.7 Å². The highest BCUT2D eigenvalue weighted by atomic mass is 35.5. The number of aromatic amines is 1. The van der Waals surface area contributed by atoms with Gasteiger partial charge in [-0.3, -0.25) is 4.79 Å². The number of rotatable bonds is 6. The molecule has 10 heteroatoms. The fourth-order valence-corrected chi connectivity index (χ4v) is 6.38. The molecule has 1 aliphatic heterocycles. The Morgan fingerprint density at radius 2 is 1.76 bits per heavy atom. The molecule has 0 spiro atoms. The van der Waals surface area contributed by atoms with Gasteiger partial charge in [-0.2, -0.15) is 4.31 Å². The summed E-state index contributed by atoms with van der Waals surface area (Å²) in [5, 5.41) is 2.73. The molecule has 2 aromatic carbocycles. The van der Waals surface area contributed by atoms with Crippen LogP contribution in [0.5, 0.6) is 11.5 Å². The molecule has 0 unspecified atom stereocenters. The standard InChI is InChI=1S/C23H19ClN2O5S2/c24-18-5-1-2-6-22(18)33(28,29)26(14-17-4-3-9-32-17)13-16-10-15-11-20-21(31-8-7-30-20)12-19(15)25-23(16)27/h1-6,9-12H,7-8,13-14H2,(H,25,27). The number of hydrogen-bond acceptors (Lipinski definition) is 6. The van der Waals surface area contributed by atoms with Crippen LogP contribution in [0.4, 0.5) is 0 Å². The maximum Gasteiger partial charge on any atom is 0.252 e. The van der Waals surface area contributed by atoms with E-state index in [9.17, 15) is 13.2 Å². The van der Waals surface area contributed by atoms with Crippen LogP contribution < -0.4 is 15.0 Å². The molecule has 0 radical (unpaired) electrons. The van der Waals surface area contributed by atoms with Gasteiger partial charge in [0.15, 0.2) is 11.5 Å². The fraction of sp³-hybridized carbons (Fsp3) is 0.174. The Morgan fingerprint density at radius 1 is 1.00 bits per heavy atom. The summed E-state index contributed by atoms with van der Waals surface area (Å²) >= 11 is 7.66. The van der Waals surface area contributed by atoms with E-state index in [0.29, 0.717) is 35.8 Å². The summed E-state index contributed by atoms with van der Waals surface area (Å²) in [6.07, 6.45) is 0. The smallest absolute Gasteiger partial charge is 0.252 e. The monoisotopic (exact) mass is 502 g/mol. The number of aromatic nitrogens is 1. The lowest BCUT2D eigenvalue weighted by molar-refractivity contribution is 0.172. The highest BCUT2D eigenvalue weighted by Gasteiger charge is 2.28. The van der Waals surface area contributed by atoms with Crippen molar-refractivity contribution in [2.45, 2.75) is 18.0 Å². The van der Waals surface area contributed by atoms with E-state index >= 15 is 0 Å². The Morgan fingerprint density at radius 3 is 2.48 bits per heavy atom. The van der Waals surface area contributed by atoms with E-state index < -0.39 is 10.0 Å². The van der Waals surface area contributed by atoms with Crippen LogP contribution in [-0.2, 0) is 23.1 Å². The zero-order chi connectivity index (χ0) is 23.0. The molecule has 1 N–H and O–H groups in total. The predicted molar refractivity (Wildman–Crippen MR) is 128 cm³/mol. The number of thiophene rings is 1. The summed E-state index contributed by atoms with van der Waals surface area (Å²) in [5.41, 5.74) is 0.530. The van der Waals surface area contributed by atoms with Crippen molar-refractivity contribution in [3.05, 3.63) is 85.8 Å². The maximum absolute atomic E-state index is 13.5. The second-order valence-corrected chi connectivity index (χ2v) is 10.8. The molecule has 170 valence electrons. The van der Waals surface area contributed by atoms with Gasteiger partial charge in [0.1, 0.15) is 18.1 Å². The van der Waals surface area contributed by atoms with Crippen LogP contribution in [0, 0.1) is 0 Å². The molecule has 3 heterocycles. The van der Waals surface area contributed by atoms with Crippen molar-refractivity contribution in [1.82, 2.24) is 9.29 Å². The van der Waals surface area contributed by atoms with Crippen molar-refractivity contribution in [3.63, 3.8) is 0 Å². The first kappa shape index (κ1) is 22.0. The number of fused-ring (bicyclic) bond motifs is 2. The third-order valence-corrected chi connectivity index (χ3v) is 8.45. The molecule has 0 saturated carbocycles. The summed E-state index contributed by atoms with van der Waals surface area (Å²) in [5.74, 6) is 1.16. The van der Waals surface area contributed by atoms with E-state index in [4.69, 9.17) is 21.1 Å². The first-order valence-electron chi connectivity index (χ1n) is 10.1. The summed E-state index contributed by atoms with van der Waals surface area (Å²) in [6, 6.07) is 15.2. The zero-order valence-corrected chi connectivity index (χ0v) is 19.7. The third kappa shape index (κ3) is 4.37. The van der Waals surface area contributed by atoms with Crippen LogP contribution in [0.2, 0.25) is 5.02 Å². The lowest BCUT2D eigenvalue weighted by Gasteiger charge is -2.22. The number of halogens is 1. The number of sulfonamides is 1. The second kappa shape index (κ2) is 8.83. The minimum atomic E-state index is -3.98. The SMILES string of the molecule is O=c1[nH]c2cc3c(cc2cc1CN(Cc1cccs1)S(=O)(=O)c1ccccc1Cl)OCCO3. The lowest BCUT2D eigenvalue weighted by Crippen LogP contribution is -2.32. The van der Waals surface area contributed by atoms with Crippen LogP contribution in [0.25, 0.3) is 10.9 Å². The van der Waals surface area contributed by atoms with Crippen molar-refractivity contribution < 1.29 is 17.9 Å². The second-order valence-electron chi connectivity index (χ2n) is 7.49. The van der Waals surface area contributed by atoms with E-state index in [1.807, 2.05) is 17.5 Å². The molecule has 33 heavy (non-hydrogen) atoms. The molecule has 0 amide bonds. The van der Waals surface area contributed by atoms with Gasteiger partial charge in [-0.25, -0.2) is 8.42 Å². The average Bonchev–Trinajstić information content (AvgIpc) is 3.31. The van der Waals surface area contributed by atoms with Gasteiger partial charge >= 0.3 is 0 Å². The normalized spacial score (nSPS) is 13.5. The van der Waals surface area contributed by atoms with Crippen LogP contribution in [0.1, 0.15) is 10.4 Å². The van der Waals surface area contributed by atoms with Crippen molar-refractivity contribution in [2.75, 3.05) is 13.2 Å². The van der Waals surface area contributed by atoms with Gasteiger partial charge in [-0.1, -0.05) is 29.8 Å². The van der Waals surface area contributed by atoms with Crippen molar-refractivity contribution in [3.8, 4) is 11.5 Å². The predicted octanol–water partition coefficient (Wildman–Crippen LogP) is 4.41. The molecular weight excluding hydrogens is 484 g/mol. The number of hydrogen-bond donors (Lipinski definition) is 1. The molecule has 4 aromatic rings. The highest BCUT2D eigenvalue weighted by Crippen LogP contribution is 2.34. The van der Waals surface area contributed by atoms with Gasteiger partial charge in [0.2, 0.25) is 10.0 Å². The molecule has 1 aliphatic rings. The molecule has 0 bridgehead atoms. The minimum absolute atomic E-state index is 0.0000546. The van der Waals surface area contributed by atoms with Crippen LogP contribution in [0.15, 0.2) is 69.7 Å². The summed E-state index contributed by atoms with van der Waals surface area (Å²) in [4.78, 5) is 16.6. The third-order valence-electron chi connectivity index (χ3n) is 5.30. The Bertz CT molecular complexity index is 1480. The van der Waals surface area contributed by atoms with Gasteiger partial charge in [-0.15, -0.1) is 11.3 Å². The number of benzene rings is 2. The first-order valence-corrected chi connectivity index (χ1v) is 12.8. The van der Waals surface area contributed by atoms with Crippen LogP contribution in [-0.4, -0.2) is 30.9 Å². The van der Waals surface area contributed by atoms with Gasteiger partial charge < -0.3 is 14.5 Å². The van der Waals surface area contributed by atoms with Crippen LogP contribution >= 0.6 is 22.9 Å². The Kier molecular flexibility index (Phi) is 5.88. The summed E-state index contributed by atoms with van der Waals surface area (Å²) in [7, 11) is -3.98. The highest BCUT2D eigenvalue weighted by molar-refractivity contribution is 7.89. The van der Waals surface area contributed by atoms with E-state index in [1.54, 1.807) is 30.3 Å². The van der Waals surface area contributed by atoms with Gasteiger partial charge in [0, 0.05) is 35.0 Å². The molecule has 0 aliphatic carbocycles. The first-order chi connectivity index (χ1) is 15.9. The number of pyridine rings is 1. The fourth-order valence-electron chi connectivity index (χ4n) is 3.69. The Hall–Kier alpha value is -2.85. The van der Waals surface area contributed by atoms with Crippen molar-refractivity contribution >= 4 is 43.9 Å². The Balaban J connectivity index is 1.57. The van der Waals surface area contributed by atoms with E-state index in [-0.39, 0.29) is 28.6 Å². The molecule has 7 nitrogen and oxygen atoms in total. The molecule has 2 aromatic heterocycles. The van der Waals surface area contributed by atoms with E-state index in [0.717, 1.165) is 10.3 Å². The molecule has 5 rings (SSSR count). The number of nitrogens with one attached hydrogen (secondary N) is 1. The van der Waals surface area contributed by atoms with Crippen molar-refractivity contribution in [1.29, 1.82) is 0 Å². The van der Waals surface area contributed by atoms with Crippen LogP contribution in [0.3, 0.4) is 0 Å². The molecular formula is C23H19ClN2O5S2. The average molecular weight is 503 g/mol. The van der Waals surface area contributed by atoms with Crippen molar-refractivity contribution in [2.24, 2.45) is 0 Å². The molecule has 0 saturated heterocycles. The minimum Gasteiger partial charge on any atom is -0.486 e. The van der Waals surface area contributed by atoms with Gasteiger partial charge in [0.05, 0.1) is 10.5 Å². The van der Waals surface area contributed by atoms with Gasteiger partial charge in [0.25, 0.3) is 5.56 Å². The summed E-state index contributed by atoms with van der Waals surface area (Å²) < 4.78 is 39.6. The number of nitrogens with zero attached hydrogens (tertiary/aromatic N) is 1.